The lowest BCUT2D eigenvalue weighted by molar-refractivity contribution is -0.144. The number of hydrogen-bond acceptors (Lipinski definition) is 6. The largest absolute Gasteiger partial charge is 0.480 e. The second-order valence-corrected chi connectivity index (χ2v) is 7.75. The summed E-state index contributed by atoms with van der Waals surface area (Å²) in [5.74, 6) is -3.30. The van der Waals surface area contributed by atoms with Gasteiger partial charge < -0.3 is 31.8 Å². The Morgan fingerprint density at radius 3 is 2.19 bits per heavy atom. The van der Waals surface area contributed by atoms with Gasteiger partial charge in [-0.15, -0.1) is 0 Å². The number of nitrogens with one attached hydrogen (secondary N) is 4. The molecule has 1 aromatic rings. The molecule has 11 nitrogen and oxygen atoms in total. The molecule has 7 N–H and O–H groups in total. The van der Waals surface area contributed by atoms with Crippen molar-refractivity contribution in [2.24, 2.45) is 17.6 Å². The Kier molecular flexibility index (Phi) is 10.7. The molecule has 0 aromatic carbocycles. The van der Waals surface area contributed by atoms with Gasteiger partial charge in [0.1, 0.15) is 12.1 Å². The maximum absolute atomic E-state index is 12.7. The summed E-state index contributed by atoms with van der Waals surface area (Å²) in [6, 6.07) is -2.85. The Hall–Kier alpha value is -2.95. The number of H-pyrrole nitrogens is 1. The maximum Gasteiger partial charge on any atom is 0.326 e. The Bertz CT molecular complexity index is 738. The van der Waals surface area contributed by atoms with E-state index in [1.54, 1.807) is 20.0 Å². The van der Waals surface area contributed by atoms with Gasteiger partial charge in [0, 0.05) is 18.3 Å². The molecule has 0 saturated carbocycles. The van der Waals surface area contributed by atoms with Gasteiger partial charge in [-0.25, -0.2) is 9.78 Å². The predicted molar refractivity (Wildman–Crippen MR) is 114 cm³/mol. The highest BCUT2D eigenvalue weighted by Crippen LogP contribution is 2.12. The minimum atomic E-state index is -1.13. The van der Waals surface area contributed by atoms with Crippen LogP contribution in [0.15, 0.2) is 12.5 Å². The fourth-order valence-electron chi connectivity index (χ4n) is 2.88. The van der Waals surface area contributed by atoms with Gasteiger partial charge in [-0.1, -0.05) is 40.5 Å². The van der Waals surface area contributed by atoms with Crippen LogP contribution in [0.3, 0.4) is 0 Å². The Morgan fingerprint density at radius 1 is 1.06 bits per heavy atom. The molecule has 174 valence electrons. The minimum absolute atomic E-state index is 0.234. The van der Waals surface area contributed by atoms with Crippen molar-refractivity contribution in [3.05, 3.63) is 18.2 Å². The molecule has 0 fully saturated rings. The van der Waals surface area contributed by atoms with Crippen molar-refractivity contribution in [2.45, 2.75) is 65.1 Å². The zero-order valence-electron chi connectivity index (χ0n) is 18.5. The number of aliphatic carboxylic acids is 1. The van der Waals surface area contributed by atoms with Crippen LogP contribution in [-0.2, 0) is 25.6 Å². The van der Waals surface area contributed by atoms with Gasteiger partial charge in [-0.2, -0.15) is 0 Å². The highest BCUT2D eigenvalue weighted by molar-refractivity contribution is 5.92. The van der Waals surface area contributed by atoms with Crippen LogP contribution < -0.4 is 21.7 Å². The van der Waals surface area contributed by atoms with Gasteiger partial charge >= 0.3 is 5.97 Å². The summed E-state index contributed by atoms with van der Waals surface area (Å²) in [5.41, 5.74) is 6.52. The zero-order valence-corrected chi connectivity index (χ0v) is 18.5. The SMILES string of the molecule is CCC(C)C(NC(=O)C(NC(=O)CNC(=O)C(N)Cc1cnc[nH]1)C(C)CC)C(=O)O. The molecule has 0 aliphatic rings. The van der Waals surface area contributed by atoms with Crippen LogP contribution in [0.1, 0.15) is 46.2 Å². The lowest BCUT2D eigenvalue weighted by Gasteiger charge is -2.27. The third-order valence-corrected chi connectivity index (χ3v) is 5.34. The van der Waals surface area contributed by atoms with Crippen molar-refractivity contribution in [1.82, 2.24) is 25.9 Å². The molecule has 11 heteroatoms. The van der Waals surface area contributed by atoms with Crippen LogP contribution in [0, 0.1) is 11.8 Å². The van der Waals surface area contributed by atoms with E-state index in [1.807, 2.05) is 13.8 Å². The van der Waals surface area contributed by atoms with E-state index in [4.69, 9.17) is 5.73 Å². The Labute approximate surface area is 181 Å². The molecule has 3 amide bonds. The van der Waals surface area contributed by atoms with E-state index >= 15 is 0 Å². The van der Waals surface area contributed by atoms with Gasteiger partial charge in [-0.05, 0) is 11.8 Å². The van der Waals surface area contributed by atoms with Crippen LogP contribution in [0.4, 0.5) is 0 Å². The van der Waals surface area contributed by atoms with Crippen molar-refractivity contribution in [3.63, 3.8) is 0 Å². The van der Waals surface area contributed by atoms with Gasteiger partial charge in [0.25, 0.3) is 0 Å². The van der Waals surface area contributed by atoms with Gasteiger partial charge in [-0.3, -0.25) is 14.4 Å². The standard InChI is InChI=1S/C20H34N6O5/c1-5-11(3)16(19(29)26-17(20(30)31)12(4)6-2)25-15(27)9-23-18(28)14(21)7-13-8-22-10-24-13/h8,10-12,14,16-17H,5-7,9,21H2,1-4H3,(H,22,24)(H,23,28)(H,25,27)(H,26,29)(H,30,31). The molecule has 1 aromatic heterocycles. The number of hydrogen-bond donors (Lipinski definition) is 6. The number of aromatic amines is 1. The zero-order chi connectivity index (χ0) is 23.6. The van der Waals surface area contributed by atoms with Crippen molar-refractivity contribution in [2.75, 3.05) is 6.54 Å². The third-order valence-electron chi connectivity index (χ3n) is 5.34. The van der Waals surface area contributed by atoms with Crippen LogP contribution in [0.25, 0.3) is 0 Å². The Morgan fingerprint density at radius 2 is 1.68 bits per heavy atom. The fraction of sp³-hybridized carbons (Fsp3) is 0.650. The van der Waals surface area contributed by atoms with E-state index in [9.17, 15) is 24.3 Å². The van der Waals surface area contributed by atoms with E-state index in [1.165, 1.54) is 6.33 Å². The third kappa shape index (κ3) is 8.36. The van der Waals surface area contributed by atoms with Crippen LogP contribution in [0.2, 0.25) is 0 Å². The second-order valence-electron chi connectivity index (χ2n) is 7.75. The normalized spacial score (nSPS) is 15.8. The first-order valence-electron chi connectivity index (χ1n) is 10.4. The molecular formula is C20H34N6O5. The first-order valence-corrected chi connectivity index (χ1v) is 10.4. The smallest absolute Gasteiger partial charge is 0.326 e. The molecule has 1 heterocycles. The van der Waals surface area contributed by atoms with E-state index in [2.05, 4.69) is 25.9 Å². The number of carboxylic acids is 1. The maximum atomic E-state index is 12.7. The molecule has 0 radical (unpaired) electrons. The first kappa shape index (κ1) is 26.1. The van der Waals surface area contributed by atoms with E-state index in [-0.39, 0.29) is 24.8 Å². The number of carboxylic acid groups (broad SMARTS) is 1. The van der Waals surface area contributed by atoms with E-state index in [0.29, 0.717) is 18.5 Å². The van der Waals surface area contributed by atoms with Crippen molar-refractivity contribution < 1.29 is 24.3 Å². The molecule has 0 spiro atoms. The molecule has 5 atom stereocenters. The highest BCUT2D eigenvalue weighted by Gasteiger charge is 2.32. The summed E-state index contributed by atoms with van der Waals surface area (Å²) < 4.78 is 0. The number of aromatic nitrogens is 2. The molecule has 5 unspecified atom stereocenters. The number of nitrogens with zero attached hydrogens (tertiary/aromatic N) is 1. The molecule has 1 rings (SSSR count). The van der Waals surface area contributed by atoms with Crippen LogP contribution in [-0.4, -0.2) is 63.4 Å². The average Bonchev–Trinajstić information content (AvgIpc) is 3.25. The average molecular weight is 439 g/mol. The number of rotatable bonds is 13. The lowest BCUT2D eigenvalue weighted by Crippen LogP contribution is -2.57. The summed E-state index contributed by atoms with van der Waals surface area (Å²) in [6.45, 7) is 6.85. The molecule has 0 aliphatic carbocycles. The number of amides is 3. The fourth-order valence-corrected chi connectivity index (χ4v) is 2.88. The van der Waals surface area contributed by atoms with Crippen molar-refractivity contribution >= 4 is 23.7 Å². The lowest BCUT2D eigenvalue weighted by atomic mass is 9.95. The quantitative estimate of drug-likeness (QED) is 0.241. The van der Waals surface area contributed by atoms with Crippen molar-refractivity contribution in [1.29, 1.82) is 0 Å². The van der Waals surface area contributed by atoms with Gasteiger partial charge in [0.2, 0.25) is 17.7 Å². The predicted octanol–water partition coefficient (Wildman–Crippen LogP) is -0.458. The molecule has 0 saturated heterocycles. The summed E-state index contributed by atoms with van der Waals surface area (Å²) >= 11 is 0. The first-order chi connectivity index (χ1) is 14.6. The van der Waals surface area contributed by atoms with E-state index < -0.39 is 41.8 Å². The molecule has 0 bridgehead atoms. The number of carbonyl (C=O) groups is 4. The van der Waals surface area contributed by atoms with Crippen LogP contribution >= 0.6 is 0 Å². The van der Waals surface area contributed by atoms with Crippen molar-refractivity contribution in [3.8, 4) is 0 Å². The molecule has 31 heavy (non-hydrogen) atoms. The molecule has 0 aliphatic heterocycles. The summed E-state index contributed by atoms with van der Waals surface area (Å²) in [7, 11) is 0. The monoisotopic (exact) mass is 438 g/mol. The molecular weight excluding hydrogens is 404 g/mol. The Balaban J connectivity index is 2.67. The summed E-state index contributed by atoms with van der Waals surface area (Å²) in [6.07, 6.45) is 4.42. The van der Waals surface area contributed by atoms with Gasteiger partial charge in [0.05, 0.1) is 18.9 Å². The summed E-state index contributed by atoms with van der Waals surface area (Å²) in [5, 5.41) is 17.0. The highest BCUT2D eigenvalue weighted by atomic mass is 16.4. The number of nitrogens with two attached hydrogens (primary N) is 1. The number of imidazole rings is 1. The minimum Gasteiger partial charge on any atom is -0.480 e. The van der Waals surface area contributed by atoms with E-state index in [0.717, 1.165) is 0 Å². The van der Waals surface area contributed by atoms with Crippen LogP contribution in [0.5, 0.6) is 0 Å². The second kappa shape index (κ2) is 12.7. The topological polar surface area (TPSA) is 179 Å². The van der Waals surface area contributed by atoms with Gasteiger partial charge in [0.15, 0.2) is 0 Å². The summed E-state index contributed by atoms with van der Waals surface area (Å²) in [4.78, 5) is 55.4. The number of carbonyl (C=O) groups excluding carboxylic acids is 3.